The molecule has 1 atom stereocenters. The first-order chi connectivity index (χ1) is 10.6. The molecule has 1 aliphatic heterocycles. The molecule has 22 heavy (non-hydrogen) atoms. The second kappa shape index (κ2) is 7.97. The maximum absolute atomic E-state index is 12.4. The molecule has 1 unspecified atom stereocenters. The molecule has 0 fully saturated rings. The lowest BCUT2D eigenvalue weighted by Gasteiger charge is -2.34. The van der Waals surface area contributed by atoms with Gasteiger partial charge in [-0.15, -0.1) is 0 Å². The van der Waals surface area contributed by atoms with Crippen molar-refractivity contribution in [3.63, 3.8) is 0 Å². The van der Waals surface area contributed by atoms with E-state index in [0.717, 1.165) is 36.8 Å². The fourth-order valence-corrected chi connectivity index (χ4v) is 3.12. The van der Waals surface area contributed by atoms with E-state index in [-0.39, 0.29) is 5.91 Å². The van der Waals surface area contributed by atoms with Gasteiger partial charge in [-0.3, -0.25) is 4.79 Å². The summed E-state index contributed by atoms with van der Waals surface area (Å²) in [5.74, 6) is -0.968. The molecule has 0 saturated heterocycles. The molecule has 4 heteroatoms. The highest BCUT2D eigenvalue weighted by Crippen LogP contribution is 2.30. The lowest BCUT2D eigenvalue weighted by atomic mass is 9.92. The van der Waals surface area contributed by atoms with Crippen LogP contribution in [0, 0.1) is 0 Å². The molecule has 1 amide bonds. The van der Waals surface area contributed by atoms with Gasteiger partial charge in [0.05, 0.1) is 0 Å². The largest absolute Gasteiger partial charge is 0.479 e. The van der Waals surface area contributed by atoms with Crippen LogP contribution in [-0.2, 0) is 16.0 Å². The number of carboxylic acids is 1. The number of carbonyl (C=O) groups is 2. The summed E-state index contributed by atoms with van der Waals surface area (Å²) in [6.07, 6.45) is 6.61. The van der Waals surface area contributed by atoms with Crippen LogP contribution < -0.4 is 0 Å². The van der Waals surface area contributed by atoms with Crippen LogP contribution in [0.15, 0.2) is 24.3 Å². The second-order valence-electron chi connectivity index (χ2n) is 5.94. The Morgan fingerprint density at radius 3 is 2.64 bits per heavy atom. The van der Waals surface area contributed by atoms with E-state index in [2.05, 4.69) is 6.92 Å². The van der Waals surface area contributed by atoms with Crippen LogP contribution in [-0.4, -0.2) is 28.4 Å². The summed E-state index contributed by atoms with van der Waals surface area (Å²) < 4.78 is 0. The van der Waals surface area contributed by atoms with E-state index in [1.54, 1.807) is 4.90 Å². The number of fused-ring (bicyclic) bond motifs is 1. The molecule has 2 rings (SSSR count). The van der Waals surface area contributed by atoms with E-state index >= 15 is 0 Å². The maximum atomic E-state index is 12.4. The number of benzene rings is 1. The first-order valence-corrected chi connectivity index (χ1v) is 8.25. The molecule has 1 aromatic carbocycles. The van der Waals surface area contributed by atoms with E-state index in [1.165, 1.54) is 12.8 Å². The molecule has 120 valence electrons. The van der Waals surface area contributed by atoms with Gasteiger partial charge in [-0.25, -0.2) is 4.79 Å². The molecule has 1 heterocycles. The number of unbranched alkanes of at least 4 members (excludes halogenated alkanes) is 4. The normalized spacial score (nSPS) is 17.1. The molecule has 4 nitrogen and oxygen atoms in total. The Labute approximate surface area is 132 Å². The van der Waals surface area contributed by atoms with Crippen LogP contribution in [0.5, 0.6) is 0 Å². The number of carbonyl (C=O) groups excluding carboxylic acids is 1. The van der Waals surface area contributed by atoms with Crippen LogP contribution >= 0.6 is 0 Å². The fourth-order valence-electron chi connectivity index (χ4n) is 3.12. The molecule has 0 bridgehead atoms. The molecule has 0 radical (unpaired) electrons. The van der Waals surface area contributed by atoms with Crippen molar-refractivity contribution in [1.29, 1.82) is 0 Å². The van der Waals surface area contributed by atoms with Crippen LogP contribution in [0.25, 0.3) is 0 Å². The van der Waals surface area contributed by atoms with E-state index in [0.29, 0.717) is 13.0 Å². The lowest BCUT2D eigenvalue weighted by molar-refractivity contribution is -0.151. The summed E-state index contributed by atoms with van der Waals surface area (Å²) >= 11 is 0. The molecule has 1 aromatic rings. The van der Waals surface area contributed by atoms with Gasteiger partial charge in [0, 0.05) is 13.0 Å². The Balaban J connectivity index is 2.01. The Hall–Kier alpha value is -1.84. The molecule has 1 aliphatic rings. The minimum Gasteiger partial charge on any atom is -0.479 e. The third-order valence-corrected chi connectivity index (χ3v) is 4.33. The number of rotatable bonds is 7. The van der Waals surface area contributed by atoms with Crippen LogP contribution in [0.4, 0.5) is 0 Å². The fraction of sp³-hybridized carbons (Fsp3) is 0.556. The van der Waals surface area contributed by atoms with Gasteiger partial charge in [0.15, 0.2) is 6.04 Å². The van der Waals surface area contributed by atoms with Gasteiger partial charge in [-0.2, -0.15) is 0 Å². The number of amides is 1. The predicted octanol–water partition coefficient (Wildman–Crippen LogP) is 3.56. The summed E-state index contributed by atoms with van der Waals surface area (Å²) in [4.78, 5) is 25.6. The van der Waals surface area contributed by atoms with Gasteiger partial charge in [0.2, 0.25) is 5.91 Å². The first kappa shape index (κ1) is 16.5. The Morgan fingerprint density at radius 1 is 1.18 bits per heavy atom. The maximum Gasteiger partial charge on any atom is 0.331 e. The third kappa shape index (κ3) is 3.87. The quantitative estimate of drug-likeness (QED) is 0.784. The standard InChI is InChI=1S/C18H25NO3/c1-2-3-4-5-6-11-16(20)19-13-12-14-9-7-8-10-15(14)17(19)18(21)22/h7-10,17H,2-6,11-13H2,1H3,(H,21,22). The average molecular weight is 303 g/mol. The van der Waals surface area contributed by atoms with E-state index in [9.17, 15) is 14.7 Å². The number of hydrogen-bond acceptors (Lipinski definition) is 2. The van der Waals surface area contributed by atoms with Crippen molar-refractivity contribution in [2.45, 2.75) is 57.9 Å². The highest BCUT2D eigenvalue weighted by atomic mass is 16.4. The van der Waals surface area contributed by atoms with Crippen molar-refractivity contribution in [3.8, 4) is 0 Å². The van der Waals surface area contributed by atoms with Crippen molar-refractivity contribution in [2.75, 3.05) is 6.54 Å². The van der Waals surface area contributed by atoms with Crippen molar-refractivity contribution in [2.24, 2.45) is 0 Å². The zero-order valence-electron chi connectivity index (χ0n) is 13.3. The van der Waals surface area contributed by atoms with Gasteiger partial charge in [-0.05, 0) is 24.0 Å². The van der Waals surface area contributed by atoms with E-state index in [1.807, 2.05) is 24.3 Å². The van der Waals surface area contributed by atoms with Crippen molar-refractivity contribution in [1.82, 2.24) is 4.90 Å². The highest BCUT2D eigenvalue weighted by molar-refractivity contribution is 5.85. The van der Waals surface area contributed by atoms with Crippen LogP contribution in [0.1, 0.15) is 62.6 Å². The van der Waals surface area contributed by atoms with E-state index in [4.69, 9.17) is 0 Å². The van der Waals surface area contributed by atoms with Crippen molar-refractivity contribution >= 4 is 11.9 Å². The Morgan fingerprint density at radius 2 is 1.91 bits per heavy atom. The molecular formula is C18H25NO3. The highest BCUT2D eigenvalue weighted by Gasteiger charge is 2.35. The zero-order chi connectivity index (χ0) is 15.9. The monoisotopic (exact) mass is 303 g/mol. The summed E-state index contributed by atoms with van der Waals surface area (Å²) in [5.41, 5.74) is 1.81. The van der Waals surface area contributed by atoms with Gasteiger partial charge in [0.1, 0.15) is 0 Å². The second-order valence-corrected chi connectivity index (χ2v) is 5.94. The van der Waals surface area contributed by atoms with Gasteiger partial charge in [-0.1, -0.05) is 56.9 Å². The Bertz CT molecular complexity index is 527. The molecule has 0 spiro atoms. The summed E-state index contributed by atoms with van der Waals surface area (Å²) in [5, 5.41) is 9.55. The SMILES string of the molecule is CCCCCCCC(=O)N1CCc2ccccc2C1C(=O)O. The smallest absolute Gasteiger partial charge is 0.331 e. The minimum absolute atomic E-state index is 0.0293. The number of hydrogen-bond donors (Lipinski definition) is 1. The van der Waals surface area contributed by atoms with Crippen LogP contribution in [0.3, 0.4) is 0 Å². The topological polar surface area (TPSA) is 57.6 Å². The first-order valence-electron chi connectivity index (χ1n) is 8.25. The van der Waals surface area contributed by atoms with Crippen molar-refractivity contribution in [3.05, 3.63) is 35.4 Å². The molecular weight excluding hydrogens is 278 g/mol. The summed E-state index contributed by atoms with van der Waals surface area (Å²) in [7, 11) is 0. The molecule has 0 aromatic heterocycles. The molecule has 0 saturated carbocycles. The summed E-state index contributed by atoms with van der Waals surface area (Å²) in [6, 6.07) is 6.72. The molecule has 1 N–H and O–H groups in total. The number of carboxylic acid groups (broad SMARTS) is 1. The van der Waals surface area contributed by atoms with E-state index < -0.39 is 12.0 Å². The third-order valence-electron chi connectivity index (χ3n) is 4.33. The number of nitrogens with zero attached hydrogens (tertiary/aromatic N) is 1. The minimum atomic E-state index is -0.938. The zero-order valence-corrected chi connectivity index (χ0v) is 13.3. The predicted molar refractivity (Wildman–Crippen MR) is 85.6 cm³/mol. The summed E-state index contributed by atoms with van der Waals surface area (Å²) in [6.45, 7) is 2.66. The van der Waals surface area contributed by atoms with Gasteiger partial charge in [0.25, 0.3) is 0 Å². The lowest BCUT2D eigenvalue weighted by Crippen LogP contribution is -2.43. The van der Waals surface area contributed by atoms with Gasteiger partial charge < -0.3 is 10.0 Å². The average Bonchev–Trinajstić information content (AvgIpc) is 2.53. The van der Waals surface area contributed by atoms with Crippen molar-refractivity contribution < 1.29 is 14.7 Å². The van der Waals surface area contributed by atoms with Crippen LogP contribution in [0.2, 0.25) is 0 Å². The Kier molecular flexibility index (Phi) is 5.99. The number of aliphatic carboxylic acids is 1. The molecule has 0 aliphatic carbocycles. The van der Waals surface area contributed by atoms with Gasteiger partial charge >= 0.3 is 5.97 Å².